The molecule has 0 radical (unpaired) electrons. The van der Waals surface area contributed by atoms with Crippen LogP contribution in [0.1, 0.15) is 6.92 Å². The van der Waals surface area contributed by atoms with Gasteiger partial charge in [-0.3, -0.25) is 10.1 Å². The lowest BCUT2D eigenvalue weighted by Crippen LogP contribution is -1.95. The van der Waals surface area contributed by atoms with Gasteiger partial charge >= 0.3 is 0 Å². The van der Waals surface area contributed by atoms with Crippen LogP contribution in [0.5, 0.6) is 0 Å². The topological polar surface area (TPSA) is 43.1 Å². The quantitative estimate of drug-likeness (QED) is 0.374. The first-order valence-electron chi connectivity index (χ1n) is 3.32. The summed E-state index contributed by atoms with van der Waals surface area (Å²) in [6.07, 6.45) is 1.24. The van der Waals surface area contributed by atoms with Crippen molar-refractivity contribution < 1.29 is 13.7 Å². The molecule has 0 N–H and O–H groups in total. The average Bonchev–Trinajstić information content (AvgIpc) is 1.84. The van der Waals surface area contributed by atoms with Gasteiger partial charge in [0.2, 0.25) is 6.54 Å². The Bertz CT molecular complexity index is 211. The van der Waals surface area contributed by atoms with Crippen LogP contribution in [0.2, 0.25) is 0 Å². The molecular formula is C7H9F2NO2. The average molecular weight is 177 g/mol. The Morgan fingerprint density at radius 3 is 2.75 bits per heavy atom. The maximum atomic E-state index is 12.4. The lowest BCUT2D eigenvalue weighted by molar-refractivity contribution is -0.468. The van der Waals surface area contributed by atoms with E-state index in [1.54, 1.807) is 0 Å². The van der Waals surface area contributed by atoms with E-state index in [4.69, 9.17) is 0 Å². The van der Waals surface area contributed by atoms with Crippen molar-refractivity contribution in [1.29, 1.82) is 0 Å². The van der Waals surface area contributed by atoms with Crippen LogP contribution in [0, 0.1) is 10.1 Å². The summed E-state index contributed by atoms with van der Waals surface area (Å²) in [6, 6.07) is 0. The van der Waals surface area contributed by atoms with Gasteiger partial charge in [0.1, 0.15) is 12.0 Å². The largest absolute Gasteiger partial charge is 0.264 e. The summed E-state index contributed by atoms with van der Waals surface area (Å²) in [6.45, 7) is 0.711. The van der Waals surface area contributed by atoms with E-state index in [0.29, 0.717) is 0 Å². The second-order valence-electron chi connectivity index (χ2n) is 2.15. The fourth-order valence-electron chi connectivity index (χ4n) is 0.526. The maximum Gasteiger partial charge on any atom is 0.222 e. The summed E-state index contributed by atoms with van der Waals surface area (Å²) < 4.78 is 24.5. The molecule has 0 rings (SSSR count). The summed E-state index contributed by atoms with van der Waals surface area (Å²) in [4.78, 5) is 9.13. The third-order valence-electron chi connectivity index (χ3n) is 0.920. The lowest BCUT2D eigenvalue weighted by Gasteiger charge is -1.89. The highest BCUT2D eigenvalue weighted by molar-refractivity contribution is 5.12. The lowest BCUT2D eigenvalue weighted by atomic mass is 10.3. The Morgan fingerprint density at radius 1 is 1.75 bits per heavy atom. The second-order valence-corrected chi connectivity index (χ2v) is 2.15. The zero-order chi connectivity index (χ0) is 9.56. The molecule has 0 bridgehead atoms. The molecule has 68 valence electrons. The molecule has 1 atom stereocenters. The first kappa shape index (κ1) is 10.7. The van der Waals surface area contributed by atoms with Gasteiger partial charge in [-0.05, 0) is 25.2 Å². The molecule has 0 saturated heterocycles. The minimum atomic E-state index is -1.38. The van der Waals surface area contributed by atoms with Crippen LogP contribution in [0.15, 0.2) is 24.1 Å². The molecule has 1 unspecified atom stereocenters. The predicted molar refractivity (Wildman–Crippen MR) is 40.8 cm³/mol. The predicted octanol–water partition coefficient (Wildman–Crippen LogP) is 2.03. The van der Waals surface area contributed by atoms with E-state index in [2.05, 4.69) is 0 Å². The fourth-order valence-corrected chi connectivity index (χ4v) is 0.526. The van der Waals surface area contributed by atoms with E-state index in [0.717, 1.165) is 18.2 Å². The van der Waals surface area contributed by atoms with Gasteiger partial charge in [-0.2, -0.15) is 0 Å². The fraction of sp³-hybridized carbons (Fsp3) is 0.429. The van der Waals surface area contributed by atoms with Crippen LogP contribution in [0.3, 0.4) is 0 Å². The number of rotatable bonds is 4. The molecule has 0 spiro atoms. The van der Waals surface area contributed by atoms with Crippen LogP contribution >= 0.6 is 0 Å². The number of hydrogen-bond acceptors (Lipinski definition) is 2. The molecular weight excluding hydrogens is 168 g/mol. The SMILES string of the molecule is CC(F)/C=C(F)\C=C/C[N+](=O)[O-]. The Labute approximate surface area is 68.5 Å². The molecule has 0 aliphatic heterocycles. The van der Waals surface area contributed by atoms with Gasteiger partial charge < -0.3 is 0 Å². The van der Waals surface area contributed by atoms with E-state index in [-0.39, 0.29) is 0 Å². The number of halogens is 2. The highest BCUT2D eigenvalue weighted by atomic mass is 19.1. The zero-order valence-electron chi connectivity index (χ0n) is 6.54. The van der Waals surface area contributed by atoms with Gasteiger partial charge in [0.15, 0.2) is 0 Å². The Morgan fingerprint density at radius 2 is 2.33 bits per heavy atom. The Hall–Kier alpha value is -1.26. The van der Waals surface area contributed by atoms with E-state index in [9.17, 15) is 18.9 Å². The Balaban J connectivity index is 3.90. The minimum Gasteiger partial charge on any atom is -0.264 e. The first-order chi connectivity index (χ1) is 5.52. The summed E-state index contributed by atoms with van der Waals surface area (Å²) >= 11 is 0. The molecule has 0 saturated carbocycles. The monoisotopic (exact) mass is 177 g/mol. The molecule has 0 heterocycles. The number of hydrogen-bond donors (Lipinski definition) is 0. The molecule has 0 aliphatic rings. The molecule has 0 aromatic heterocycles. The van der Waals surface area contributed by atoms with Gasteiger partial charge in [0.05, 0.1) is 0 Å². The molecule has 0 aromatic carbocycles. The Kier molecular flexibility index (Phi) is 4.83. The summed E-state index contributed by atoms with van der Waals surface area (Å²) in [5.41, 5.74) is 0. The summed E-state index contributed by atoms with van der Waals surface area (Å²) in [7, 11) is 0. The number of allylic oxidation sites excluding steroid dienone is 3. The van der Waals surface area contributed by atoms with Gasteiger partial charge in [-0.15, -0.1) is 0 Å². The van der Waals surface area contributed by atoms with Crippen molar-refractivity contribution in [1.82, 2.24) is 0 Å². The van der Waals surface area contributed by atoms with Crippen LogP contribution in [0.25, 0.3) is 0 Å². The van der Waals surface area contributed by atoms with E-state index >= 15 is 0 Å². The van der Waals surface area contributed by atoms with Gasteiger partial charge in [-0.25, -0.2) is 8.78 Å². The summed E-state index contributed by atoms with van der Waals surface area (Å²) in [5, 5.41) is 9.74. The van der Waals surface area contributed by atoms with E-state index in [1.807, 2.05) is 0 Å². The van der Waals surface area contributed by atoms with Gasteiger partial charge in [0.25, 0.3) is 0 Å². The van der Waals surface area contributed by atoms with Crippen LogP contribution < -0.4 is 0 Å². The molecule has 0 amide bonds. The van der Waals surface area contributed by atoms with Crippen molar-refractivity contribution in [3.8, 4) is 0 Å². The van der Waals surface area contributed by atoms with Crippen molar-refractivity contribution in [3.05, 3.63) is 34.2 Å². The van der Waals surface area contributed by atoms with E-state index < -0.39 is 23.5 Å². The van der Waals surface area contributed by atoms with Crippen molar-refractivity contribution in [2.75, 3.05) is 6.54 Å². The number of alkyl halides is 1. The summed E-state index contributed by atoms with van der Waals surface area (Å²) in [5.74, 6) is -0.799. The maximum absolute atomic E-state index is 12.4. The number of nitrogens with zero attached hydrogens (tertiary/aromatic N) is 1. The molecule has 12 heavy (non-hydrogen) atoms. The van der Waals surface area contributed by atoms with Crippen LogP contribution in [0.4, 0.5) is 8.78 Å². The van der Waals surface area contributed by atoms with Crippen molar-refractivity contribution in [3.63, 3.8) is 0 Å². The third kappa shape index (κ3) is 6.85. The van der Waals surface area contributed by atoms with Crippen LogP contribution in [-0.2, 0) is 0 Å². The highest BCUT2D eigenvalue weighted by Gasteiger charge is 1.95. The molecule has 0 fully saturated rings. The van der Waals surface area contributed by atoms with Gasteiger partial charge in [0, 0.05) is 4.92 Å². The minimum absolute atomic E-state index is 0.456. The van der Waals surface area contributed by atoms with Crippen molar-refractivity contribution in [2.24, 2.45) is 0 Å². The zero-order valence-corrected chi connectivity index (χ0v) is 6.54. The molecule has 0 aromatic rings. The standard InChI is InChI=1S/C7H9F2NO2/c1-6(8)5-7(9)3-2-4-10(11)12/h2-3,5-6H,4H2,1H3/b3-2-,7-5+. The first-order valence-corrected chi connectivity index (χ1v) is 3.32. The smallest absolute Gasteiger partial charge is 0.222 e. The molecule has 0 aliphatic carbocycles. The highest BCUT2D eigenvalue weighted by Crippen LogP contribution is 2.02. The normalized spacial score (nSPS) is 15.1. The van der Waals surface area contributed by atoms with Gasteiger partial charge in [-0.1, -0.05) is 0 Å². The second kappa shape index (κ2) is 5.40. The third-order valence-corrected chi connectivity index (χ3v) is 0.920. The van der Waals surface area contributed by atoms with E-state index in [1.165, 1.54) is 6.92 Å². The molecule has 5 heteroatoms. The van der Waals surface area contributed by atoms with Crippen molar-refractivity contribution in [2.45, 2.75) is 13.1 Å². The van der Waals surface area contributed by atoms with Crippen LogP contribution in [-0.4, -0.2) is 17.6 Å². The number of nitro groups is 1. The van der Waals surface area contributed by atoms with Crippen molar-refractivity contribution >= 4 is 0 Å². The molecule has 3 nitrogen and oxygen atoms in total.